The fourth-order valence-corrected chi connectivity index (χ4v) is 5.61. The molecule has 0 aliphatic heterocycles. The third-order valence-electron chi connectivity index (χ3n) is 5.75. The molecule has 0 saturated heterocycles. The zero-order chi connectivity index (χ0) is 23.1. The van der Waals surface area contributed by atoms with Gasteiger partial charge >= 0.3 is 6.18 Å². The van der Waals surface area contributed by atoms with Crippen LogP contribution in [-0.2, 0) is 10.7 Å². The smallest absolute Gasteiger partial charge is 0.382 e. The van der Waals surface area contributed by atoms with E-state index in [2.05, 4.69) is 15.6 Å². The number of hydrogen-bond donors (Lipinski definition) is 2. The standard InChI is InChI=1S/C23H24F4N3OP/c1-3-32(31,4-2)17-9-7-16(8-10-17)29-21-13-20(28-15-5-6-15)22-18(23(25,26)27)11-14(24)12-19(22)30-21/h7-13,15H,3-6H2,1-2H3,(H2,28,29,30). The number of anilines is 3. The Kier molecular flexibility index (Phi) is 5.93. The van der Waals surface area contributed by atoms with Gasteiger partial charge in [0.15, 0.2) is 0 Å². The van der Waals surface area contributed by atoms with Crippen molar-refractivity contribution in [2.45, 2.75) is 38.9 Å². The van der Waals surface area contributed by atoms with Gasteiger partial charge in [-0.25, -0.2) is 9.37 Å². The van der Waals surface area contributed by atoms with E-state index in [4.69, 9.17) is 0 Å². The van der Waals surface area contributed by atoms with Gasteiger partial charge in [0, 0.05) is 52.6 Å². The highest BCUT2D eigenvalue weighted by Gasteiger charge is 2.35. The molecule has 0 radical (unpaired) electrons. The van der Waals surface area contributed by atoms with Gasteiger partial charge in [0.2, 0.25) is 0 Å². The maximum Gasteiger partial charge on any atom is 0.417 e. The second-order valence-electron chi connectivity index (χ2n) is 8.01. The van der Waals surface area contributed by atoms with Crippen LogP contribution in [0.3, 0.4) is 0 Å². The molecule has 1 aromatic heterocycles. The third-order valence-corrected chi connectivity index (χ3v) is 9.03. The van der Waals surface area contributed by atoms with Crippen LogP contribution in [0.5, 0.6) is 0 Å². The lowest BCUT2D eigenvalue weighted by Gasteiger charge is -2.18. The number of nitrogens with zero attached hydrogens (tertiary/aromatic N) is 1. The molecule has 1 aliphatic carbocycles. The maximum atomic E-state index is 14.0. The van der Waals surface area contributed by atoms with Gasteiger partial charge in [-0.2, -0.15) is 13.2 Å². The average Bonchev–Trinajstić information content (AvgIpc) is 3.56. The summed E-state index contributed by atoms with van der Waals surface area (Å²) in [6.45, 7) is 3.80. The van der Waals surface area contributed by atoms with Gasteiger partial charge in [-0.1, -0.05) is 13.8 Å². The molecule has 3 aromatic rings. The summed E-state index contributed by atoms with van der Waals surface area (Å²) in [7, 11) is -2.41. The van der Waals surface area contributed by atoms with Crippen molar-refractivity contribution < 1.29 is 22.1 Å². The molecule has 0 spiro atoms. The fraction of sp³-hybridized carbons (Fsp3) is 0.348. The minimum atomic E-state index is -4.71. The van der Waals surface area contributed by atoms with E-state index in [0.29, 0.717) is 29.9 Å². The number of fused-ring (bicyclic) bond motifs is 1. The Morgan fingerprint density at radius 2 is 1.72 bits per heavy atom. The monoisotopic (exact) mass is 465 g/mol. The van der Waals surface area contributed by atoms with Crippen molar-refractivity contribution in [3.05, 3.63) is 53.8 Å². The predicted molar refractivity (Wildman–Crippen MR) is 121 cm³/mol. The quantitative estimate of drug-likeness (QED) is 0.300. The summed E-state index contributed by atoms with van der Waals surface area (Å²) in [5.41, 5.74) is -0.216. The Balaban J connectivity index is 1.74. The second-order valence-corrected chi connectivity index (χ2v) is 11.6. The molecular weight excluding hydrogens is 441 g/mol. The Bertz CT molecular complexity index is 1180. The van der Waals surface area contributed by atoms with E-state index in [1.165, 1.54) is 6.07 Å². The SMILES string of the molecule is CCP(=O)(CC)c1ccc(Nc2cc(NC3CC3)c3c(C(F)(F)F)cc(F)cc3n2)cc1. The summed E-state index contributed by atoms with van der Waals surface area (Å²) < 4.78 is 67.7. The van der Waals surface area contributed by atoms with Crippen LogP contribution < -0.4 is 15.9 Å². The van der Waals surface area contributed by atoms with Crippen molar-refractivity contribution in [3.8, 4) is 0 Å². The summed E-state index contributed by atoms with van der Waals surface area (Å²) in [6, 6.07) is 10.2. The lowest BCUT2D eigenvalue weighted by Crippen LogP contribution is -2.11. The van der Waals surface area contributed by atoms with Gasteiger partial charge in [0.05, 0.1) is 11.1 Å². The number of nitrogens with one attached hydrogen (secondary N) is 2. The molecule has 0 amide bonds. The highest BCUT2D eigenvalue weighted by molar-refractivity contribution is 7.71. The first-order valence-electron chi connectivity index (χ1n) is 10.6. The highest BCUT2D eigenvalue weighted by atomic mass is 31.2. The molecule has 0 atom stereocenters. The molecule has 32 heavy (non-hydrogen) atoms. The van der Waals surface area contributed by atoms with Crippen molar-refractivity contribution in [1.82, 2.24) is 4.98 Å². The maximum absolute atomic E-state index is 14.0. The number of benzene rings is 2. The molecule has 9 heteroatoms. The van der Waals surface area contributed by atoms with Crippen molar-refractivity contribution >= 4 is 40.5 Å². The van der Waals surface area contributed by atoms with E-state index in [1.807, 2.05) is 13.8 Å². The Hall–Kier alpha value is -2.60. The van der Waals surface area contributed by atoms with Crippen LogP contribution in [0.25, 0.3) is 10.9 Å². The Morgan fingerprint density at radius 1 is 1.06 bits per heavy atom. The second kappa shape index (κ2) is 8.39. The largest absolute Gasteiger partial charge is 0.417 e. The summed E-state index contributed by atoms with van der Waals surface area (Å²) in [5.74, 6) is -0.702. The van der Waals surface area contributed by atoms with E-state index in [-0.39, 0.29) is 22.6 Å². The first kappa shape index (κ1) is 22.6. The molecule has 2 aromatic carbocycles. The molecule has 170 valence electrons. The molecule has 1 saturated carbocycles. The average molecular weight is 465 g/mol. The van der Waals surface area contributed by atoms with Crippen LogP contribution in [0.1, 0.15) is 32.3 Å². The van der Waals surface area contributed by atoms with Crippen molar-refractivity contribution in [2.75, 3.05) is 23.0 Å². The molecule has 4 nitrogen and oxygen atoms in total. The molecule has 0 bridgehead atoms. The van der Waals surface area contributed by atoms with Crippen LogP contribution in [0.15, 0.2) is 42.5 Å². The lowest BCUT2D eigenvalue weighted by molar-refractivity contribution is -0.136. The number of aromatic nitrogens is 1. The molecule has 2 N–H and O–H groups in total. The first-order chi connectivity index (χ1) is 15.1. The van der Waals surface area contributed by atoms with Crippen LogP contribution in [0.4, 0.5) is 34.8 Å². The van der Waals surface area contributed by atoms with Gasteiger partial charge < -0.3 is 15.2 Å². The Labute approximate surface area is 183 Å². The van der Waals surface area contributed by atoms with E-state index in [9.17, 15) is 22.1 Å². The summed E-state index contributed by atoms with van der Waals surface area (Å²) >= 11 is 0. The Morgan fingerprint density at radius 3 is 2.28 bits per heavy atom. The van der Waals surface area contributed by atoms with Crippen LogP contribution in [0, 0.1) is 5.82 Å². The predicted octanol–water partition coefficient (Wildman–Crippen LogP) is 6.74. The van der Waals surface area contributed by atoms with Crippen LogP contribution in [0.2, 0.25) is 0 Å². The summed E-state index contributed by atoms with van der Waals surface area (Å²) in [6.07, 6.45) is -1.83. The number of pyridine rings is 1. The molecule has 1 fully saturated rings. The molecule has 1 aliphatic rings. The van der Waals surface area contributed by atoms with Gasteiger partial charge in [0.1, 0.15) is 18.8 Å². The van der Waals surface area contributed by atoms with Gasteiger partial charge in [-0.15, -0.1) is 0 Å². The van der Waals surface area contributed by atoms with E-state index in [1.54, 1.807) is 24.3 Å². The van der Waals surface area contributed by atoms with Crippen LogP contribution in [-0.4, -0.2) is 23.3 Å². The van der Waals surface area contributed by atoms with Gasteiger partial charge in [0.25, 0.3) is 0 Å². The zero-order valence-corrected chi connectivity index (χ0v) is 18.7. The fourth-order valence-electron chi connectivity index (χ4n) is 3.74. The van der Waals surface area contributed by atoms with Gasteiger partial charge in [-0.05, 0) is 43.2 Å². The first-order valence-corrected chi connectivity index (χ1v) is 12.6. The third kappa shape index (κ3) is 4.60. The number of hydrogen-bond acceptors (Lipinski definition) is 4. The minimum Gasteiger partial charge on any atom is -0.382 e. The lowest BCUT2D eigenvalue weighted by atomic mass is 10.1. The zero-order valence-electron chi connectivity index (χ0n) is 17.8. The highest BCUT2D eigenvalue weighted by Crippen LogP contribution is 2.44. The molecular formula is C23H24F4N3OP. The van der Waals surface area contributed by atoms with E-state index >= 15 is 0 Å². The van der Waals surface area contributed by atoms with Gasteiger partial charge in [-0.3, -0.25) is 0 Å². The topological polar surface area (TPSA) is 54.0 Å². The van der Waals surface area contributed by atoms with E-state index in [0.717, 1.165) is 24.2 Å². The van der Waals surface area contributed by atoms with Crippen molar-refractivity contribution in [2.24, 2.45) is 0 Å². The summed E-state index contributed by atoms with van der Waals surface area (Å²) in [5, 5.41) is 6.84. The normalized spacial score (nSPS) is 14.6. The number of rotatable bonds is 7. The number of halogens is 4. The van der Waals surface area contributed by atoms with Crippen molar-refractivity contribution in [1.29, 1.82) is 0 Å². The van der Waals surface area contributed by atoms with E-state index < -0.39 is 24.7 Å². The minimum absolute atomic E-state index is 0.0800. The summed E-state index contributed by atoms with van der Waals surface area (Å²) in [4.78, 5) is 4.25. The van der Waals surface area contributed by atoms with Crippen LogP contribution >= 0.6 is 7.14 Å². The molecule has 4 rings (SSSR count). The molecule has 0 unspecified atom stereocenters. The molecule has 1 heterocycles. The van der Waals surface area contributed by atoms with Crippen molar-refractivity contribution in [3.63, 3.8) is 0 Å². The number of alkyl halides is 3.